The third-order valence-corrected chi connectivity index (χ3v) is 3.21. The second-order valence-electron chi connectivity index (χ2n) is 4.29. The standard InChI is InChI=1S/C15H10ClFN2O/c16-11-5-1-10(2-6-11)14-13(15(18)19-20-14)9-3-7-12(17)8-4-9/h1-8H,(H2,18,19). The number of anilines is 1. The van der Waals surface area contributed by atoms with Crippen molar-refractivity contribution in [2.45, 2.75) is 0 Å². The van der Waals surface area contributed by atoms with Crippen molar-refractivity contribution in [2.24, 2.45) is 0 Å². The Morgan fingerprint density at radius 1 is 0.950 bits per heavy atom. The van der Waals surface area contributed by atoms with Crippen molar-refractivity contribution < 1.29 is 8.91 Å². The molecule has 0 aliphatic heterocycles. The third kappa shape index (κ3) is 2.26. The van der Waals surface area contributed by atoms with Crippen molar-refractivity contribution in [1.29, 1.82) is 0 Å². The zero-order chi connectivity index (χ0) is 14.1. The SMILES string of the molecule is Nc1noc(-c2ccc(Cl)cc2)c1-c1ccc(F)cc1. The van der Waals surface area contributed by atoms with Gasteiger partial charge in [-0.25, -0.2) is 4.39 Å². The molecule has 0 unspecified atom stereocenters. The van der Waals surface area contributed by atoms with Crippen LogP contribution >= 0.6 is 11.6 Å². The predicted octanol–water partition coefficient (Wildman–Crippen LogP) is 4.38. The molecule has 0 amide bonds. The van der Waals surface area contributed by atoms with Crippen LogP contribution in [0.25, 0.3) is 22.5 Å². The molecule has 3 nitrogen and oxygen atoms in total. The Kier molecular flexibility index (Phi) is 3.16. The van der Waals surface area contributed by atoms with Gasteiger partial charge in [0.1, 0.15) is 5.82 Å². The first-order chi connectivity index (χ1) is 9.65. The summed E-state index contributed by atoms with van der Waals surface area (Å²) in [5, 5.41) is 4.42. The maximum atomic E-state index is 13.0. The maximum Gasteiger partial charge on any atom is 0.176 e. The van der Waals surface area contributed by atoms with Crippen LogP contribution in [0.15, 0.2) is 53.1 Å². The van der Waals surface area contributed by atoms with E-state index in [4.69, 9.17) is 21.9 Å². The maximum absolute atomic E-state index is 13.0. The average Bonchev–Trinajstić information content (AvgIpc) is 2.83. The lowest BCUT2D eigenvalue weighted by atomic mass is 10.0. The van der Waals surface area contributed by atoms with Gasteiger partial charge in [-0.1, -0.05) is 28.9 Å². The molecule has 0 saturated carbocycles. The summed E-state index contributed by atoms with van der Waals surface area (Å²) in [7, 11) is 0. The molecular weight excluding hydrogens is 279 g/mol. The number of halogens is 2. The minimum Gasteiger partial charge on any atom is -0.380 e. The van der Waals surface area contributed by atoms with E-state index in [1.165, 1.54) is 12.1 Å². The van der Waals surface area contributed by atoms with Gasteiger partial charge in [-0.2, -0.15) is 0 Å². The van der Waals surface area contributed by atoms with Crippen LogP contribution in [0.3, 0.4) is 0 Å². The van der Waals surface area contributed by atoms with E-state index in [1.807, 2.05) is 12.1 Å². The van der Waals surface area contributed by atoms with Crippen molar-refractivity contribution in [3.63, 3.8) is 0 Å². The summed E-state index contributed by atoms with van der Waals surface area (Å²) in [4.78, 5) is 0. The fourth-order valence-electron chi connectivity index (χ4n) is 2.00. The molecule has 0 fully saturated rings. The summed E-state index contributed by atoms with van der Waals surface area (Å²) in [5.74, 6) is 0.490. The van der Waals surface area contributed by atoms with Crippen LogP contribution in [0, 0.1) is 5.82 Å². The summed E-state index contributed by atoms with van der Waals surface area (Å²) in [6.07, 6.45) is 0. The highest BCUT2D eigenvalue weighted by atomic mass is 35.5. The first-order valence-electron chi connectivity index (χ1n) is 5.92. The molecule has 0 radical (unpaired) electrons. The van der Waals surface area contributed by atoms with Crippen LogP contribution in [-0.4, -0.2) is 5.16 Å². The van der Waals surface area contributed by atoms with Gasteiger partial charge < -0.3 is 10.3 Å². The highest BCUT2D eigenvalue weighted by Crippen LogP contribution is 2.36. The quantitative estimate of drug-likeness (QED) is 0.761. The lowest BCUT2D eigenvalue weighted by molar-refractivity contribution is 0.436. The van der Waals surface area contributed by atoms with Crippen LogP contribution in [-0.2, 0) is 0 Å². The van der Waals surface area contributed by atoms with Gasteiger partial charge in [0.25, 0.3) is 0 Å². The number of nitrogen functional groups attached to an aromatic ring is 1. The van der Waals surface area contributed by atoms with Crippen molar-refractivity contribution in [1.82, 2.24) is 5.16 Å². The lowest BCUT2D eigenvalue weighted by Gasteiger charge is -2.03. The summed E-state index contributed by atoms with van der Waals surface area (Å²) >= 11 is 5.87. The number of benzene rings is 2. The minimum absolute atomic E-state index is 0.265. The Morgan fingerprint density at radius 2 is 1.55 bits per heavy atom. The van der Waals surface area contributed by atoms with Gasteiger partial charge in [0, 0.05) is 10.6 Å². The van der Waals surface area contributed by atoms with E-state index >= 15 is 0 Å². The average molecular weight is 289 g/mol. The van der Waals surface area contributed by atoms with E-state index in [-0.39, 0.29) is 11.6 Å². The predicted molar refractivity (Wildman–Crippen MR) is 76.8 cm³/mol. The Bertz CT molecular complexity index is 736. The normalized spacial score (nSPS) is 10.7. The van der Waals surface area contributed by atoms with Gasteiger partial charge >= 0.3 is 0 Å². The summed E-state index contributed by atoms with van der Waals surface area (Å²) in [6.45, 7) is 0. The molecule has 2 aromatic carbocycles. The summed E-state index contributed by atoms with van der Waals surface area (Å²) in [6, 6.07) is 13.1. The van der Waals surface area contributed by atoms with E-state index in [0.717, 1.165) is 11.1 Å². The van der Waals surface area contributed by atoms with Gasteiger partial charge in [0.15, 0.2) is 11.6 Å². The van der Waals surface area contributed by atoms with Crippen LogP contribution in [0.1, 0.15) is 0 Å². The smallest absolute Gasteiger partial charge is 0.176 e. The van der Waals surface area contributed by atoms with Crippen molar-refractivity contribution in [2.75, 3.05) is 5.73 Å². The minimum atomic E-state index is -0.309. The Labute approximate surface area is 119 Å². The Hall–Kier alpha value is -2.33. The lowest BCUT2D eigenvalue weighted by Crippen LogP contribution is -1.89. The number of hydrogen-bond donors (Lipinski definition) is 1. The molecule has 3 rings (SSSR count). The fourth-order valence-corrected chi connectivity index (χ4v) is 2.12. The largest absolute Gasteiger partial charge is 0.380 e. The van der Waals surface area contributed by atoms with Crippen LogP contribution in [0.4, 0.5) is 10.2 Å². The molecule has 2 N–H and O–H groups in total. The molecule has 0 saturated heterocycles. The second-order valence-corrected chi connectivity index (χ2v) is 4.72. The molecule has 5 heteroatoms. The number of aromatic nitrogens is 1. The Balaban J connectivity index is 2.14. The highest BCUT2D eigenvalue weighted by Gasteiger charge is 2.17. The van der Waals surface area contributed by atoms with E-state index in [1.54, 1.807) is 24.3 Å². The summed E-state index contributed by atoms with van der Waals surface area (Å²) < 4.78 is 18.3. The van der Waals surface area contributed by atoms with Gasteiger partial charge in [0.2, 0.25) is 0 Å². The van der Waals surface area contributed by atoms with Crippen molar-refractivity contribution in [3.8, 4) is 22.5 Å². The molecule has 0 aliphatic carbocycles. The molecule has 1 aromatic heterocycles. The molecular formula is C15H10ClFN2O. The number of hydrogen-bond acceptors (Lipinski definition) is 3. The van der Waals surface area contributed by atoms with Crippen molar-refractivity contribution >= 4 is 17.4 Å². The van der Waals surface area contributed by atoms with Crippen LogP contribution in [0.5, 0.6) is 0 Å². The van der Waals surface area contributed by atoms with Crippen LogP contribution < -0.4 is 5.73 Å². The van der Waals surface area contributed by atoms with E-state index < -0.39 is 0 Å². The molecule has 0 atom stereocenters. The van der Waals surface area contributed by atoms with Crippen molar-refractivity contribution in [3.05, 3.63) is 59.4 Å². The molecule has 100 valence electrons. The molecule has 20 heavy (non-hydrogen) atoms. The van der Waals surface area contributed by atoms with Crippen LogP contribution in [0.2, 0.25) is 5.02 Å². The van der Waals surface area contributed by atoms with Gasteiger partial charge in [-0.15, -0.1) is 0 Å². The topological polar surface area (TPSA) is 52.0 Å². The zero-order valence-electron chi connectivity index (χ0n) is 10.3. The van der Waals surface area contributed by atoms with Gasteiger partial charge in [-0.05, 0) is 42.0 Å². The highest BCUT2D eigenvalue weighted by molar-refractivity contribution is 6.30. The molecule has 1 heterocycles. The third-order valence-electron chi connectivity index (χ3n) is 2.96. The second kappa shape index (κ2) is 4.98. The first-order valence-corrected chi connectivity index (χ1v) is 6.30. The monoisotopic (exact) mass is 288 g/mol. The van der Waals surface area contributed by atoms with Gasteiger partial charge in [-0.3, -0.25) is 0 Å². The van der Waals surface area contributed by atoms with E-state index in [9.17, 15) is 4.39 Å². The Morgan fingerprint density at radius 3 is 2.20 bits per heavy atom. The number of nitrogens with two attached hydrogens (primary N) is 1. The zero-order valence-corrected chi connectivity index (χ0v) is 11.1. The molecule has 0 spiro atoms. The first kappa shape index (κ1) is 12.7. The molecule has 0 bridgehead atoms. The molecule has 0 aliphatic rings. The fraction of sp³-hybridized carbons (Fsp3) is 0. The van der Waals surface area contributed by atoms with E-state index in [2.05, 4.69) is 5.16 Å². The molecule has 3 aromatic rings. The summed E-state index contributed by atoms with van der Waals surface area (Å²) in [5.41, 5.74) is 8.05. The number of rotatable bonds is 2. The number of nitrogens with zero attached hydrogens (tertiary/aromatic N) is 1. The van der Waals surface area contributed by atoms with E-state index in [0.29, 0.717) is 16.3 Å². The van der Waals surface area contributed by atoms with Gasteiger partial charge in [0.05, 0.1) is 5.56 Å².